The molecule has 0 saturated heterocycles. The summed E-state index contributed by atoms with van der Waals surface area (Å²) in [4.78, 5) is 23.8. The van der Waals surface area contributed by atoms with E-state index in [1.807, 2.05) is 6.07 Å². The average Bonchev–Trinajstić information content (AvgIpc) is 2.64. The van der Waals surface area contributed by atoms with Gasteiger partial charge in [0.1, 0.15) is 5.75 Å². The fourth-order valence-corrected chi connectivity index (χ4v) is 2.12. The smallest absolute Gasteiger partial charge is 0.312 e. The lowest BCUT2D eigenvalue weighted by atomic mass is 10.1. The van der Waals surface area contributed by atoms with Gasteiger partial charge in [-0.3, -0.25) is 19.8 Å². The van der Waals surface area contributed by atoms with Crippen LogP contribution >= 0.6 is 0 Å². The maximum absolute atomic E-state index is 12.2. The zero-order chi connectivity index (χ0) is 16.9. The molecule has 2 aromatic carbocycles. The minimum atomic E-state index is -0.783. The molecule has 0 aliphatic carbocycles. The van der Waals surface area contributed by atoms with Crippen LogP contribution in [-0.2, 0) is 0 Å². The highest BCUT2D eigenvalue weighted by Crippen LogP contribution is 2.27. The van der Waals surface area contributed by atoms with Crippen LogP contribution in [0.4, 0.5) is 11.4 Å². The van der Waals surface area contributed by atoms with Crippen molar-refractivity contribution in [3.63, 3.8) is 0 Å². The van der Waals surface area contributed by atoms with Gasteiger partial charge in [0.05, 0.1) is 18.5 Å². The molecule has 1 heterocycles. The maximum atomic E-state index is 12.2. The Morgan fingerprint density at radius 2 is 1.58 bits per heavy atom. The van der Waals surface area contributed by atoms with Gasteiger partial charge in [0.25, 0.3) is 5.43 Å². The first-order chi connectivity index (χ1) is 11.7. The lowest BCUT2D eigenvalue weighted by Crippen LogP contribution is -2.27. The summed E-state index contributed by atoms with van der Waals surface area (Å²) in [6.07, 6.45) is 0. The number of nitrogens with one attached hydrogen (secondary N) is 2. The highest BCUT2D eigenvalue weighted by Gasteiger charge is 2.12. The normalized spacial score (nSPS) is 10.9. The Balaban J connectivity index is 2.10. The van der Waals surface area contributed by atoms with E-state index in [4.69, 9.17) is 4.74 Å². The number of methoxy groups -OCH3 is 1. The molecule has 120 valence electrons. The quantitative estimate of drug-likeness (QED) is 0.570. The molecular formula is C17H14N4O3. The molecule has 0 saturated carbocycles. The number of nitrogens with zero attached hydrogens (tertiary/aromatic N) is 2. The molecule has 0 unspecified atom stereocenters. The van der Waals surface area contributed by atoms with Crippen LogP contribution in [0.1, 0.15) is 0 Å². The molecule has 0 atom stereocenters. The summed E-state index contributed by atoms with van der Waals surface area (Å²) in [6.45, 7) is 0. The molecule has 0 fully saturated rings. The summed E-state index contributed by atoms with van der Waals surface area (Å²) >= 11 is 0. The van der Waals surface area contributed by atoms with Crippen LogP contribution in [0.5, 0.6) is 5.75 Å². The zero-order valence-electron chi connectivity index (χ0n) is 12.8. The molecular weight excluding hydrogens is 308 g/mol. The molecule has 0 aliphatic rings. The third-order valence-corrected chi connectivity index (χ3v) is 3.36. The number of hydrogen-bond acceptors (Lipinski definition) is 5. The van der Waals surface area contributed by atoms with Crippen LogP contribution in [0.15, 0.2) is 74.4 Å². The Hall–Kier alpha value is -3.48. The third-order valence-electron chi connectivity index (χ3n) is 3.36. The largest absolute Gasteiger partial charge is 0.497 e. The van der Waals surface area contributed by atoms with E-state index in [-0.39, 0.29) is 5.69 Å². The molecule has 24 heavy (non-hydrogen) atoms. The van der Waals surface area contributed by atoms with E-state index in [0.29, 0.717) is 22.7 Å². The van der Waals surface area contributed by atoms with Crippen molar-refractivity contribution in [2.75, 3.05) is 7.11 Å². The van der Waals surface area contributed by atoms with E-state index in [2.05, 4.69) is 20.4 Å². The number of aromatic nitrogens is 2. The molecule has 3 aromatic rings. The van der Waals surface area contributed by atoms with Gasteiger partial charge in [-0.15, -0.1) is 5.11 Å². The van der Waals surface area contributed by atoms with Crippen LogP contribution < -0.4 is 15.7 Å². The highest BCUT2D eigenvalue weighted by atomic mass is 16.5. The second-order valence-electron chi connectivity index (χ2n) is 4.90. The molecule has 7 nitrogen and oxygen atoms in total. The Morgan fingerprint density at radius 3 is 2.25 bits per heavy atom. The lowest BCUT2D eigenvalue weighted by molar-refractivity contribution is 0.415. The predicted octanol–water partition coefficient (Wildman–Crippen LogP) is 3.15. The first-order valence-corrected chi connectivity index (χ1v) is 7.15. The number of rotatable bonds is 4. The second kappa shape index (κ2) is 6.74. The van der Waals surface area contributed by atoms with Crippen LogP contribution in [0.25, 0.3) is 11.3 Å². The molecule has 7 heteroatoms. The van der Waals surface area contributed by atoms with Gasteiger partial charge in [0.15, 0.2) is 5.69 Å². The molecule has 1 aromatic heterocycles. The molecule has 0 radical (unpaired) electrons. The summed E-state index contributed by atoms with van der Waals surface area (Å²) in [5, 5.41) is 13.0. The minimum Gasteiger partial charge on any atom is -0.497 e. The number of hydrogen-bond donors (Lipinski definition) is 2. The lowest BCUT2D eigenvalue weighted by Gasteiger charge is -2.05. The van der Waals surface area contributed by atoms with Crippen LogP contribution in [0.2, 0.25) is 0 Å². The van der Waals surface area contributed by atoms with E-state index in [0.717, 1.165) is 0 Å². The van der Waals surface area contributed by atoms with Crippen molar-refractivity contribution in [3.05, 3.63) is 75.2 Å². The number of azo groups is 1. The summed E-state index contributed by atoms with van der Waals surface area (Å²) in [5.41, 5.74) is 0.0484. The zero-order valence-corrected chi connectivity index (χ0v) is 12.8. The molecule has 0 aliphatic heterocycles. The highest BCUT2D eigenvalue weighted by molar-refractivity contribution is 5.71. The summed E-state index contributed by atoms with van der Waals surface area (Å²) < 4.78 is 5.11. The number of H-pyrrole nitrogens is 2. The fourth-order valence-electron chi connectivity index (χ4n) is 2.12. The Morgan fingerprint density at radius 1 is 0.875 bits per heavy atom. The van der Waals surface area contributed by atoms with Crippen molar-refractivity contribution in [3.8, 4) is 17.0 Å². The molecule has 2 N–H and O–H groups in total. The van der Waals surface area contributed by atoms with Crippen LogP contribution in [-0.4, -0.2) is 17.3 Å². The number of ether oxygens (including phenoxy) is 1. The van der Waals surface area contributed by atoms with E-state index in [1.165, 1.54) is 0 Å². The Kier molecular flexibility index (Phi) is 4.33. The van der Waals surface area contributed by atoms with E-state index >= 15 is 0 Å². The third kappa shape index (κ3) is 3.14. The summed E-state index contributed by atoms with van der Waals surface area (Å²) in [5.74, 6) is 0.679. The van der Waals surface area contributed by atoms with Gasteiger partial charge in [0, 0.05) is 5.56 Å². The molecule has 0 spiro atoms. The summed E-state index contributed by atoms with van der Waals surface area (Å²) in [7, 11) is 1.57. The van der Waals surface area contributed by atoms with Gasteiger partial charge in [-0.1, -0.05) is 18.2 Å². The molecule has 0 amide bonds. The Labute approximate surface area is 136 Å². The fraction of sp³-hybridized carbons (Fsp3) is 0.0588. The van der Waals surface area contributed by atoms with Gasteiger partial charge in [-0.05, 0) is 36.4 Å². The van der Waals surface area contributed by atoms with E-state index in [1.54, 1.807) is 55.6 Å². The van der Waals surface area contributed by atoms with Crippen molar-refractivity contribution >= 4 is 11.4 Å². The van der Waals surface area contributed by atoms with E-state index < -0.39 is 11.0 Å². The van der Waals surface area contributed by atoms with Crippen molar-refractivity contribution in [2.24, 2.45) is 10.2 Å². The standard InChI is InChI=1S/C17H14N4O3/c1-24-13-9-7-11(8-10-13)14-15(16(22)17(23)21-19-14)20-18-12-5-3-2-4-6-12/h2-10H,1H3,(H,19,22)(H,21,23). The van der Waals surface area contributed by atoms with Crippen molar-refractivity contribution in [1.29, 1.82) is 0 Å². The van der Waals surface area contributed by atoms with E-state index in [9.17, 15) is 9.59 Å². The van der Waals surface area contributed by atoms with Crippen molar-refractivity contribution in [2.45, 2.75) is 0 Å². The first kappa shape index (κ1) is 15.4. The summed E-state index contributed by atoms with van der Waals surface area (Å²) in [6, 6.07) is 16.0. The maximum Gasteiger partial charge on any atom is 0.312 e. The van der Waals surface area contributed by atoms with Gasteiger partial charge in [-0.2, -0.15) is 5.11 Å². The SMILES string of the molecule is COc1ccc(-c2[nH][nH]c(=O)c(=O)c2N=Nc2ccccc2)cc1. The molecule has 0 bridgehead atoms. The van der Waals surface area contributed by atoms with Crippen LogP contribution in [0.3, 0.4) is 0 Å². The molecule has 3 rings (SSSR count). The number of aromatic amines is 2. The monoisotopic (exact) mass is 322 g/mol. The van der Waals surface area contributed by atoms with Crippen molar-refractivity contribution < 1.29 is 4.74 Å². The van der Waals surface area contributed by atoms with Crippen molar-refractivity contribution in [1.82, 2.24) is 10.2 Å². The Bertz CT molecular complexity index is 973. The predicted molar refractivity (Wildman–Crippen MR) is 90.3 cm³/mol. The van der Waals surface area contributed by atoms with Gasteiger partial charge >= 0.3 is 5.56 Å². The van der Waals surface area contributed by atoms with Gasteiger partial charge < -0.3 is 4.74 Å². The average molecular weight is 322 g/mol. The van der Waals surface area contributed by atoms with Gasteiger partial charge in [0.2, 0.25) is 0 Å². The minimum absolute atomic E-state index is 0.0484. The second-order valence-corrected chi connectivity index (χ2v) is 4.90. The number of benzene rings is 2. The first-order valence-electron chi connectivity index (χ1n) is 7.15. The van der Waals surface area contributed by atoms with Gasteiger partial charge in [-0.25, -0.2) is 0 Å². The topological polar surface area (TPSA) is 99.7 Å². The van der Waals surface area contributed by atoms with Crippen LogP contribution in [0, 0.1) is 0 Å².